The van der Waals surface area contributed by atoms with Crippen molar-refractivity contribution in [2.24, 2.45) is 5.41 Å². The minimum absolute atomic E-state index is 0.194. The molecule has 0 bridgehead atoms. The lowest BCUT2D eigenvalue weighted by Gasteiger charge is -2.29. The Labute approximate surface area is 144 Å². The first-order valence-corrected chi connectivity index (χ1v) is 8.08. The van der Waals surface area contributed by atoms with Crippen LogP contribution in [0.25, 0.3) is 0 Å². The molecule has 0 spiro atoms. The number of carbonyl (C=O) groups excluding carboxylic acids is 1. The molecule has 25 heavy (non-hydrogen) atoms. The SMILES string of the molecule is Cc1cc(C(=O)NCC2(COc3cccnc3)C[C@@H](O)[C@@H](O)C2)no1. The van der Waals surface area contributed by atoms with E-state index in [1.165, 1.54) is 0 Å². The zero-order chi connectivity index (χ0) is 17.9. The van der Waals surface area contributed by atoms with Crippen LogP contribution in [0, 0.1) is 12.3 Å². The predicted octanol–water partition coefficient (Wildman–Crippen LogP) is 0.689. The lowest BCUT2D eigenvalue weighted by Crippen LogP contribution is -2.40. The van der Waals surface area contributed by atoms with Gasteiger partial charge in [0.15, 0.2) is 5.69 Å². The van der Waals surface area contributed by atoms with Gasteiger partial charge in [0, 0.05) is 24.2 Å². The molecule has 3 rings (SSSR count). The number of pyridine rings is 1. The van der Waals surface area contributed by atoms with Crippen molar-refractivity contribution in [1.82, 2.24) is 15.5 Å². The number of nitrogens with one attached hydrogen (secondary N) is 1. The summed E-state index contributed by atoms with van der Waals surface area (Å²) in [5.74, 6) is 0.774. The number of aliphatic hydroxyl groups is 2. The van der Waals surface area contributed by atoms with Gasteiger partial charge >= 0.3 is 0 Å². The first-order valence-electron chi connectivity index (χ1n) is 8.08. The molecular weight excluding hydrogens is 326 g/mol. The van der Waals surface area contributed by atoms with E-state index in [0.29, 0.717) is 24.4 Å². The van der Waals surface area contributed by atoms with Gasteiger partial charge in [0.2, 0.25) is 0 Å². The molecule has 1 unspecified atom stereocenters. The van der Waals surface area contributed by atoms with Gasteiger partial charge in [-0.1, -0.05) is 5.16 Å². The Bertz CT molecular complexity index is 708. The van der Waals surface area contributed by atoms with Crippen LogP contribution in [0.1, 0.15) is 29.1 Å². The second kappa shape index (κ2) is 7.20. The number of nitrogens with zero attached hydrogens (tertiary/aromatic N) is 2. The molecule has 3 N–H and O–H groups in total. The van der Waals surface area contributed by atoms with Crippen molar-refractivity contribution in [2.75, 3.05) is 13.2 Å². The molecule has 1 saturated carbocycles. The minimum atomic E-state index is -0.844. The van der Waals surface area contributed by atoms with Crippen molar-refractivity contribution in [2.45, 2.75) is 32.0 Å². The molecule has 0 aliphatic heterocycles. The fourth-order valence-electron chi connectivity index (χ4n) is 3.06. The van der Waals surface area contributed by atoms with Crippen LogP contribution in [-0.2, 0) is 0 Å². The highest BCUT2D eigenvalue weighted by atomic mass is 16.5. The van der Waals surface area contributed by atoms with Crippen LogP contribution in [-0.4, -0.2) is 51.6 Å². The second-order valence-electron chi connectivity index (χ2n) is 6.53. The Kier molecular flexibility index (Phi) is 5.00. The maximum Gasteiger partial charge on any atom is 0.273 e. The van der Waals surface area contributed by atoms with Gasteiger partial charge in [-0.25, -0.2) is 0 Å². The number of aliphatic hydroxyl groups excluding tert-OH is 2. The van der Waals surface area contributed by atoms with Crippen LogP contribution in [0.3, 0.4) is 0 Å². The van der Waals surface area contributed by atoms with Gasteiger partial charge in [-0.3, -0.25) is 9.78 Å². The molecule has 134 valence electrons. The fourth-order valence-corrected chi connectivity index (χ4v) is 3.06. The van der Waals surface area contributed by atoms with Crippen LogP contribution >= 0.6 is 0 Å². The number of hydrogen-bond acceptors (Lipinski definition) is 7. The van der Waals surface area contributed by atoms with E-state index in [0.717, 1.165) is 0 Å². The van der Waals surface area contributed by atoms with Crippen molar-refractivity contribution in [3.8, 4) is 5.75 Å². The summed E-state index contributed by atoms with van der Waals surface area (Å²) < 4.78 is 10.7. The molecule has 0 radical (unpaired) electrons. The number of aryl methyl sites for hydroxylation is 1. The average molecular weight is 347 g/mol. The van der Waals surface area contributed by atoms with E-state index in [9.17, 15) is 15.0 Å². The number of hydrogen-bond donors (Lipinski definition) is 3. The Morgan fingerprint density at radius 2 is 2.20 bits per heavy atom. The van der Waals surface area contributed by atoms with E-state index in [1.54, 1.807) is 37.5 Å². The molecule has 1 fully saturated rings. The zero-order valence-electron chi connectivity index (χ0n) is 13.9. The summed E-state index contributed by atoms with van der Waals surface area (Å²) in [5.41, 5.74) is -0.386. The third-order valence-corrected chi connectivity index (χ3v) is 4.39. The highest BCUT2D eigenvalue weighted by molar-refractivity contribution is 5.92. The summed E-state index contributed by atoms with van der Waals surface area (Å²) in [4.78, 5) is 16.2. The van der Waals surface area contributed by atoms with E-state index >= 15 is 0 Å². The number of carbonyl (C=O) groups is 1. The van der Waals surface area contributed by atoms with E-state index in [-0.39, 0.29) is 24.8 Å². The Morgan fingerprint density at radius 3 is 2.80 bits per heavy atom. The van der Waals surface area contributed by atoms with Gasteiger partial charge < -0.3 is 24.8 Å². The highest BCUT2D eigenvalue weighted by Crippen LogP contribution is 2.38. The molecule has 1 aliphatic carbocycles. The second-order valence-corrected chi connectivity index (χ2v) is 6.53. The molecule has 8 heteroatoms. The van der Waals surface area contributed by atoms with Crippen LogP contribution in [0.4, 0.5) is 0 Å². The van der Waals surface area contributed by atoms with Gasteiger partial charge in [-0.05, 0) is 31.9 Å². The first-order chi connectivity index (χ1) is 12.0. The summed E-state index contributed by atoms with van der Waals surface area (Å²) in [6.45, 7) is 2.19. The molecule has 0 aromatic carbocycles. The van der Waals surface area contributed by atoms with Crippen LogP contribution in [0.5, 0.6) is 5.75 Å². The van der Waals surface area contributed by atoms with Crippen molar-refractivity contribution in [1.29, 1.82) is 0 Å². The van der Waals surface area contributed by atoms with Crippen molar-refractivity contribution < 1.29 is 24.3 Å². The molecule has 1 amide bonds. The normalized spacial score (nSPS) is 25.7. The Morgan fingerprint density at radius 1 is 1.44 bits per heavy atom. The van der Waals surface area contributed by atoms with Crippen molar-refractivity contribution in [3.63, 3.8) is 0 Å². The third-order valence-electron chi connectivity index (χ3n) is 4.39. The van der Waals surface area contributed by atoms with Crippen LogP contribution in [0.2, 0.25) is 0 Å². The molecule has 2 aromatic rings. The number of aromatic nitrogens is 2. The number of amides is 1. The zero-order valence-corrected chi connectivity index (χ0v) is 13.9. The molecule has 2 heterocycles. The molecule has 3 atom stereocenters. The monoisotopic (exact) mass is 347 g/mol. The molecule has 8 nitrogen and oxygen atoms in total. The van der Waals surface area contributed by atoms with E-state index < -0.39 is 17.6 Å². The summed E-state index contributed by atoms with van der Waals surface area (Å²) >= 11 is 0. The standard InChI is InChI=1S/C17H21N3O5/c1-11-5-13(20-25-11)16(23)19-9-17(6-14(21)15(22)7-17)10-24-12-3-2-4-18-8-12/h2-5,8,14-15,21-22H,6-7,9-10H2,1H3,(H,19,23)/t14-,15+,17?. The topological polar surface area (TPSA) is 118 Å². The average Bonchev–Trinajstić information content (AvgIpc) is 3.16. The van der Waals surface area contributed by atoms with E-state index in [2.05, 4.69) is 15.5 Å². The van der Waals surface area contributed by atoms with Gasteiger partial charge in [-0.15, -0.1) is 0 Å². The molecular formula is C17H21N3O5. The third kappa shape index (κ3) is 4.15. The van der Waals surface area contributed by atoms with E-state index in [4.69, 9.17) is 9.26 Å². The molecule has 1 aliphatic rings. The first kappa shape index (κ1) is 17.4. The number of ether oxygens (including phenoxy) is 1. The summed E-state index contributed by atoms with van der Waals surface area (Å²) in [5, 5.41) is 26.4. The van der Waals surface area contributed by atoms with Crippen LogP contribution < -0.4 is 10.1 Å². The molecule has 2 aromatic heterocycles. The largest absolute Gasteiger partial charge is 0.491 e. The maximum atomic E-state index is 12.2. The van der Waals surface area contributed by atoms with E-state index in [1.807, 2.05) is 0 Å². The summed E-state index contributed by atoms with van der Waals surface area (Å²) in [6.07, 6.45) is 2.20. The minimum Gasteiger partial charge on any atom is -0.491 e. The fraction of sp³-hybridized carbons (Fsp3) is 0.471. The summed E-state index contributed by atoms with van der Waals surface area (Å²) in [7, 11) is 0. The molecule has 0 saturated heterocycles. The lowest BCUT2D eigenvalue weighted by atomic mass is 9.86. The number of rotatable bonds is 6. The maximum absolute atomic E-state index is 12.2. The smallest absolute Gasteiger partial charge is 0.273 e. The predicted molar refractivity (Wildman–Crippen MR) is 87.0 cm³/mol. The lowest BCUT2D eigenvalue weighted by molar-refractivity contribution is 0.0438. The summed E-state index contributed by atoms with van der Waals surface area (Å²) in [6, 6.07) is 5.08. The van der Waals surface area contributed by atoms with Gasteiger partial charge in [0.25, 0.3) is 5.91 Å². The Hall–Kier alpha value is -2.45. The van der Waals surface area contributed by atoms with Gasteiger partial charge in [0.1, 0.15) is 11.5 Å². The Balaban J connectivity index is 1.66. The highest BCUT2D eigenvalue weighted by Gasteiger charge is 2.45. The quantitative estimate of drug-likeness (QED) is 0.703. The van der Waals surface area contributed by atoms with Gasteiger partial charge in [0.05, 0.1) is 25.0 Å². The van der Waals surface area contributed by atoms with Crippen molar-refractivity contribution in [3.05, 3.63) is 42.0 Å². The van der Waals surface area contributed by atoms with Crippen molar-refractivity contribution >= 4 is 5.91 Å². The van der Waals surface area contributed by atoms with Gasteiger partial charge in [-0.2, -0.15) is 0 Å². The van der Waals surface area contributed by atoms with Crippen LogP contribution in [0.15, 0.2) is 35.1 Å².